The number of aliphatic hydroxyl groups excluding tert-OH is 1. The van der Waals surface area contributed by atoms with Gasteiger partial charge in [-0.25, -0.2) is 4.79 Å². The maximum absolute atomic E-state index is 14.4. The van der Waals surface area contributed by atoms with Gasteiger partial charge in [0.05, 0.1) is 19.1 Å². The molecule has 10 amide bonds. The molecule has 482 valence electrons. The molecule has 0 aliphatic rings. The van der Waals surface area contributed by atoms with Crippen LogP contribution < -0.4 is 82.3 Å². The third kappa shape index (κ3) is 30.8. The van der Waals surface area contributed by atoms with Crippen LogP contribution in [0.15, 0.2) is 35.3 Å². The number of hydrogen-bond donors (Lipinski definition) is 19. The SMILES string of the molecule is CC(C)C[C@H](NC(=O)[C@H](Cc1ccccc1)NC(=O)[C@H](CCCCN)NC(=O)[C@@H](N)CCC(=O)O)C(=O)N[C@@H](CCCCN)C(=O)N[C@@H](CCCN=C(N)N)C(=O)N[C@@H](C)C(=O)N[C@@H](CCC(=O)O)C(=O)N[C@@H](CC(N)=O)C(=O)N[C@@H](CO)C(=O)O. The molecule has 0 aliphatic carbocycles. The number of carboxylic acid groups (broad SMARTS) is 3. The van der Waals surface area contributed by atoms with E-state index in [9.17, 15) is 77.6 Å². The number of aliphatic hydroxyl groups is 1. The summed E-state index contributed by atoms with van der Waals surface area (Å²) in [4.78, 5) is 174. The molecular weight excluding hydrogens is 1130 g/mol. The zero-order chi connectivity index (χ0) is 65.1. The fraction of sp³-hybridized carbons (Fsp3) is 0.623. The molecule has 0 spiro atoms. The van der Waals surface area contributed by atoms with Crippen LogP contribution in [0.2, 0.25) is 0 Å². The van der Waals surface area contributed by atoms with Crippen molar-refractivity contribution in [3.05, 3.63) is 35.9 Å². The molecule has 0 radical (unpaired) electrons. The van der Waals surface area contributed by atoms with Gasteiger partial charge in [0.15, 0.2) is 5.96 Å². The first-order valence-electron chi connectivity index (χ1n) is 28.1. The van der Waals surface area contributed by atoms with E-state index >= 15 is 0 Å². The Hall–Kier alpha value is -8.56. The largest absolute Gasteiger partial charge is 0.481 e. The molecule has 86 heavy (non-hydrogen) atoms. The minimum atomic E-state index is -1.87. The number of aliphatic imine (C=N–C) groups is 1. The average molecular weight is 1220 g/mol. The average Bonchev–Trinajstić information content (AvgIpc) is 3.07. The second-order valence-corrected chi connectivity index (χ2v) is 20.7. The number of nitrogens with two attached hydrogens (primary N) is 6. The van der Waals surface area contributed by atoms with Crippen molar-refractivity contribution in [3.63, 3.8) is 0 Å². The minimum Gasteiger partial charge on any atom is -0.481 e. The Bertz CT molecular complexity index is 2470. The first-order chi connectivity index (χ1) is 40.5. The van der Waals surface area contributed by atoms with Crippen LogP contribution in [-0.2, 0) is 68.7 Å². The van der Waals surface area contributed by atoms with Gasteiger partial charge in [-0.2, -0.15) is 0 Å². The summed E-state index contributed by atoms with van der Waals surface area (Å²) in [6.45, 7) is 4.01. The number of guanidine groups is 1. The lowest BCUT2D eigenvalue weighted by Gasteiger charge is -2.28. The number of carbonyl (C=O) groups is 13. The Morgan fingerprint density at radius 3 is 1.36 bits per heavy atom. The molecule has 25 N–H and O–H groups in total. The van der Waals surface area contributed by atoms with Crippen LogP contribution in [0.3, 0.4) is 0 Å². The van der Waals surface area contributed by atoms with Crippen LogP contribution in [0.4, 0.5) is 0 Å². The van der Waals surface area contributed by atoms with Crippen molar-refractivity contribution >= 4 is 82.9 Å². The van der Waals surface area contributed by atoms with Crippen molar-refractivity contribution in [2.45, 2.75) is 178 Å². The maximum atomic E-state index is 14.4. The molecule has 33 heteroatoms. The Morgan fingerprint density at radius 1 is 0.477 bits per heavy atom. The van der Waals surface area contributed by atoms with Gasteiger partial charge in [0.2, 0.25) is 59.1 Å². The molecule has 33 nitrogen and oxygen atoms in total. The lowest BCUT2D eigenvalue weighted by atomic mass is 9.99. The van der Waals surface area contributed by atoms with Crippen molar-refractivity contribution in [1.82, 2.24) is 47.9 Å². The van der Waals surface area contributed by atoms with Gasteiger partial charge in [-0.05, 0) is 102 Å². The first-order valence-corrected chi connectivity index (χ1v) is 28.1. The van der Waals surface area contributed by atoms with Crippen molar-refractivity contribution in [1.29, 1.82) is 0 Å². The lowest BCUT2D eigenvalue weighted by Crippen LogP contribution is -2.60. The topological polar surface area (TPSA) is 580 Å². The highest BCUT2D eigenvalue weighted by molar-refractivity contribution is 5.99. The highest BCUT2D eigenvalue weighted by Gasteiger charge is 2.36. The van der Waals surface area contributed by atoms with E-state index in [0.29, 0.717) is 24.8 Å². The molecule has 0 saturated heterocycles. The number of amides is 10. The van der Waals surface area contributed by atoms with Crippen LogP contribution >= 0.6 is 0 Å². The number of carboxylic acids is 3. The van der Waals surface area contributed by atoms with Gasteiger partial charge >= 0.3 is 17.9 Å². The second kappa shape index (κ2) is 40.7. The number of nitrogens with zero attached hydrogens (tertiary/aromatic N) is 1. The molecule has 0 aromatic heterocycles. The van der Waals surface area contributed by atoms with Gasteiger partial charge in [0.1, 0.15) is 54.4 Å². The van der Waals surface area contributed by atoms with Crippen molar-refractivity contribution in [2.75, 3.05) is 26.2 Å². The predicted molar refractivity (Wildman–Crippen MR) is 309 cm³/mol. The van der Waals surface area contributed by atoms with Gasteiger partial charge < -0.3 is 103 Å². The molecule has 1 aromatic carbocycles. The van der Waals surface area contributed by atoms with Gasteiger partial charge in [0, 0.05) is 25.8 Å². The Kier molecular flexibility index (Phi) is 35.7. The van der Waals surface area contributed by atoms with Gasteiger partial charge in [0.25, 0.3) is 0 Å². The van der Waals surface area contributed by atoms with Gasteiger partial charge in [-0.3, -0.25) is 62.5 Å². The van der Waals surface area contributed by atoms with Crippen LogP contribution in [0, 0.1) is 5.92 Å². The normalized spacial score (nSPS) is 14.5. The van der Waals surface area contributed by atoms with Crippen molar-refractivity contribution < 1.29 is 82.8 Å². The molecule has 0 unspecified atom stereocenters. The molecule has 0 saturated carbocycles. The molecule has 1 aromatic rings. The van der Waals surface area contributed by atoms with Crippen LogP contribution in [0.1, 0.15) is 116 Å². The number of unbranched alkanes of at least 4 members (excludes halogenated alkanes) is 2. The summed E-state index contributed by atoms with van der Waals surface area (Å²) in [7, 11) is 0. The number of hydrogen-bond acceptors (Lipinski definition) is 18. The molecule has 0 heterocycles. The van der Waals surface area contributed by atoms with E-state index in [2.05, 4.69) is 47.5 Å². The number of primary amides is 1. The van der Waals surface area contributed by atoms with Gasteiger partial charge in [-0.15, -0.1) is 0 Å². The Labute approximate surface area is 497 Å². The number of aliphatic carboxylic acids is 3. The standard InChI is InChI=1S/C53H88N16O17/c1-28(2)24-36(66-50(83)37(25-30-12-5-4-6-13-30)67-47(80)32(14-7-9-21-54)63-44(77)31(56)17-19-41(72)73)49(82)65-33(15-8-10-22-55)46(79)64-34(16-11-23-60-53(58)59)45(78)61-29(3)43(76)62-35(18-20-42(74)75)48(81)68-38(26-40(57)71)51(84)69-39(27-70)52(85)86/h4-6,12-13,28-29,31-39,70H,7-11,14-27,54-56H2,1-3H3,(H2,57,71)(H,61,78)(H,62,76)(H,63,77)(H,64,79)(H,65,82)(H,66,83)(H,67,80)(H,68,81)(H,69,84)(H,72,73)(H,74,75)(H,85,86)(H4,58,59,60)/t29-,31-,32-,33-,34-,35-,36-,37-,38-,39-/m0/s1. The fourth-order valence-electron chi connectivity index (χ4n) is 8.19. The van der Waals surface area contributed by atoms with Crippen molar-refractivity contribution in [2.24, 2.45) is 45.3 Å². The Morgan fingerprint density at radius 2 is 0.884 bits per heavy atom. The minimum absolute atomic E-state index is 0.00243. The highest BCUT2D eigenvalue weighted by atomic mass is 16.4. The highest BCUT2D eigenvalue weighted by Crippen LogP contribution is 2.13. The molecule has 0 bridgehead atoms. The van der Waals surface area contributed by atoms with E-state index in [0.717, 1.165) is 0 Å². The smallest absolute Gasteiger partial charge is 0.328 e. The number of benzene rings is 1. The summed E-state index contributed by atoms with van der Waals surface area (Å²) < 4.78 is 0. The number of nitrogens with one attached hydrogen (secondary N) is 9. The monoisotopic (exact) mass is 1220 g/mol. The Balaban J connectivity index is 3.61. The summed E-state index contributed by atoms with van der Waals surface area (Å²) in [6, 6.07) is -6.67. The zero-order valence-electron chi connectivity index (χ0n) is 48.7. The predicted octanol–water partition coefficient (Wildman–Crippen LogP) is -6.02. The van der Waals surface area contributed by atoms with Crippen molar-refractivity contribution in [3.8, 4) is 0 Å². The summed E-state index contributed by atoms with van der Waals surface area (Å²) >= 11 is 0. The molecule has 0 aliphatic heterocycles. The molecule has 1 rings (SSSR count). The zero-order valence-corrected chi connectivity index (χ0v) is 48.7. The van der Waals surface area contributed by atoms with E-state index < -0.39 is 170 Å². The molecule has 10 atom stereocenters. The summed E-state index contributed by atoms with van der Waals surface area (Å²) in [5.74, 6) is -14.8. The van der Waals surface area contributed by atoms with E-state index in [1.807, 2.05) is 5.32 Å². The van der Waals surface area contributed by atoms with Crippen LogP contribution in [0.25, 0.3) is 0 Å². The third-order valence-electron chi connectivity index (χ3n) is 12.9. The second-order valence-electron chi connectivity index (χ2n) is 20.7. The number of rotatable bonds is 44. The van der Waals surface area contributed by atoms with E-state index in [4.69, 9.17) is 39.5 Å². The van der Waals surface area contributed by atoms with Crippen LogP contribution in [0.5, 0.6) is 0 Å². The van der Waals surface area contributed by atoms with Crippen LogP contribution in [-0.4, -0.2) is 190 Å². The fourth-order valence-corrected chi connectivity index (χ4v) is 8.19. The third-order valence-corrected chi connectivity index (χ3v) is 12.9. The first kappa shape index (κ1) is 75.5. The molecule has 0 fully saturated rings. The van der Waals surface area contributed by atoms with E-state index in [1.165, 1.54) is 6.92 Å². The summed E-state index contributed by atoms with van der Waals surface area (Å²) in [5, 5.41) is 59.1. The number of carbonyl (C=O) groups excluding carboxylic acids is 10. The van der Waals surface area contributed by atoms with E-state index in [1.54, 1.807) is 44.2 Å². The maximum Gasteiger partial charge on any atom is 0.328 e. The lowest BCUT2D eigenvalue weighted by molar-refractivity contribution is -0.143. The van der Waals surface area contributed by atoms with Gasteiger partial charge in [-0.1, -0.05) is 44.2 Å². The molecular formula is C53H88N16O17. The summed E-state index contributed by atoms with van der Waals surface area (Å²) in [6.07, 6.45) is -1.63. The summed E-state index contributed by atoms with van der Waals surface area (Å²) in [5.41, 5.74) is 34.2. The quantitative estimate of drug-likeness (QED) is 0.0164. The van der Waals surface area contributed by atoms with E-state index in [-0.39, 0.29) is 82.9 Å².